The molecule has 0 N–H and O–H groups in total. The van der Waals surface area contributed by atoms with Crippen molar-refractivity contribution in [3.05, 3.63) is 23.9 Å². The van der Waals surface area contributed by atoms with E-state index in [1.807, 2.05) is 6.21 Å². The lowest BCUT2D eigenvalue weighted by atomic mass is 10.1. The highest BCUT2D eigenvalue weighted by Crippen LogP contribution is 2.36. The summed E-state index contributed by atoms with van der Waals surface area (Å²) >= 11 is 0. The number of aliphatic imine (C=N–C) groups is 1. The van der Waals surface area contributed by atoms with Crippen LogP contribution < -0.4 is 0 Å². The highest BCUT2D eigenvalue weighted by molar-refractivity contribution is 5.79. The molecule has 1 rings (SSSR count). The molecule has 0 aromatic heterocycles. The fraction of sp³-hybridized carbons (Fsp3) is 0.583. The summed E-state index contributed by atoms with van der Waals surface area (Å²) in [5, 5.41) is 0. The van der Waals surface area contributed by atoms with Crippen molar-refractivity contribution in [1.29, 1.82) is 0 Å². The van der Waals surface area contributed by atoms with Gasteiger partial charge >= 0.3 is 0 Å². The summed E-state index contributed by atoms with van der Waals surface area (Å²) in [5.41, 5.74) is 2.35. The molecule has 1 aliphatic rings. The van der Waals surface area contributed by atoms with Crippen LogP contribution in [0.2, 0.25) is 0 Å². The van der Waals surface area contributed by atoms with Crippen LogP contribution in [0.1, 0.15) is 33.6 Å². The highest BCUT2D eigenvalue weighted by atomic mass is 14.8. The van der Waals surface area contributed by atoms with Crippen LogP contribution in [0.15, 0.2) is 28.9 Å². The first-order valence-electron chi connectivity index (χ1n) is 5.04. The molecule has 0 amide bonds. The zero-order valence-corrected chi connectivity index (χ0v) is 8.88. The van der Waals surface area contributed by atoms with E-state index in [1.165, 1.54) is 18.5 Å². The van der Waals surface area contributed by atoms with Crippen molar-refractivity contribution in [2.24, 2.45) is 16.8 Å². The zero-order valence-electron chi connectivity index (χ0n) is 8.88. The molecule has 0 atom stereocenters. The first-order chi connectivity index (χ1) is 6.15. The normalized spacial score (nSPS) is 18.6. The number of hydrogen-bond acceptors (Lipinski definition) is 1. The van der Waals surface area contributed by atoms with Crippen molar-refractivity contribution < 1.29 is 0 Å². The van der Waals surface area contributed by atoms with Gasteiger partial charge in [-0.1, -0.05) is 26.5 Å². The molecular formula is C12H19N. The molecule has 1 heteroatoms. The summed E-state index contributed by atoms with van der Waals surface area (Å²) in [7, 11) is 0. The Morgan fingerprint density at radius 3 is 2.46 bits per heavy atom. The standard InChI is InChI=1S/C12H19N/c1-5-12(11-6-7-11)13-8-10(4)9(2)3/h5,8-9,11H,4,6-7H2,1-3H3/b12-5-,13-8-. The van der Waals surface area contributed by atoms with Crippen LogP contribution in [0.5, 0.6) is 0 Å². The third-order valence-corrected chi connectivity index (χ3v) is 2.41. The maximum absolute atomic E-state index is 4.46. The molecule has 13 heavy (non-hydrogen) atoms. The quantitative estimate of drug-likeness (QED) is 0.582. The second kappa shape index (κ2) is 4.40. The first kappa shape index (κ1) is 10.2. The van der Waals surface area contributed by atoms with Gasteiger partial charge in [0.15, 0.2) is 0 Å². The van der Waals surface area contributed by atoms with Gasteiger partial charge in [0.05, 0.1) is 0 Å². The highest BCUT2D eigenvalue weighted by Gasteiger charge is 2.24. The fourth-order valence-electron chi connectivity index (χ4n) is 1.10. The molecule has 0 unspecified atom stereocenters. The molecule has 0 saturated heterocycles. The fourth-order valence-corrected chi connectivity index (χ4v) is 1.10. The molecule has 0 aliphatic heterocycles. The van der Waals surface area contributed by atoms with E-state index in [9.17, 15) is 0 Å². The SMILES string of the molecule is C=C(/C=N\C(=C/C)C1CC1)C(C)C. The summed E-state index contributed by atoms with van der Waals surface area (Å²) in [6.45, 7) is 10.3. The third-order valence-electron chi connectivity index (χ3n) is 2.41. The zero-order chi connectivity index (χ0) is 9.84. The Hall–Kier alpha value is -0.850. The molecule has 1 aliphatic carbocycles. The molecule has 0 aromatic rings. The largest absolute Gasteiger partial charge is 0.261 e. The van der Waals surface area contributed by atoms with Gasteiger partial charge in [0.2, 0.25) is 0 Å². The van der Waals surface area contributed by atoms with Crippen LogP contribution in [-0.4, -0.2) is 6.21 Å². The van der Waals surface area contributed by atoms with Gasteiger partial charge in [0.1, 0.15) is 0 Å². The number of nitrogens with zero attached hydrogens (tertiary/aromatic N) is 1. The molecule has 1 fully saturated rings. The number of allylic oxidation sites excluding steroid dienone is 3. The van der Waals surface area contributed by atoms with E-state index in [0.29, 0.717) is 5.92 Å². The van der Waals surface area contributed by atoms with E-state index in [1.54, 1.807) is 0 Å². The van der Waals surface area contributed by atoms with Crippen LogP contribution in [0.3, 0.4) is 0 Å². The van der Waals surface area contributed by atoms with Gasteiger partial charge in [-0.3, -0.25) is 4.99 Å². The number of hydrogen-bond donors (Lipinski definition) is 0. The Morgan fingerprint density at radius 1 is 1.46 bits per heavy atom. The van der Waals surface area contributed by atoms with Gasteiger partial charge in [-0.05, 0) is 31.3 Å². The smallest absolute Gasteiger partial charge is 0.0392 e. The topological polar surface area (TPSA) is 12.4 Å². The molecule has 0 bridgehead atoms. The predicted octanol–water partition coefficient (Wildman–Crippen LogP) is 3.58. The van der Waals surface area contributed by atoms with E-state index in [2.05, 4.69) is 38.4 Å². The van der Waals surface area contributed by atoms with Gasteiger partial charge in [-0.2, -0.15) is 0 Å². The first-order valence-corrected chi connectivity index (χ1v) is 5.04. The van der Waals surface area contributed by atoms with Crippen LogP contribution in [0.4, 0.5) is 0 Å². The molecular weight excluding hydrogens is 158 g/mol. The minimum atomic E-state index is 0.501. The second-order valence-corrected chi connectivity index (χ2v) is 3.98. The second-order valence-electron chi connectivity index (χ2n) is 3.98. The van der Waals surface area contributed by atoms with Gasteiger partial charge in [-0.25, -0.2) is 0 Å². The Labute approximate surface area is 81.3 Å². The predicted molar refractivity (Wildman–Crippen MR) is 59.0 cm³/mol. The molecule has 0 spiro atoms. The Morgan fingerprint density at radius 2 is 2.08 bits per heavy atom. The van der Waals surface area contributed by atoms with E-state index >= 15 is 0 Å². The van der Waals surface area contributed by atoms with Gasteiger partial charge < -0.3 is 0 Å². The molecule has 1 saturated carbocycles. The summed E-state index contributed by atoms with van der Waals surface area (Å²) in [6, 6.07) is 0. The van der Waals surface area contributed by atoms with Gasteiger partial charge in [-0.15, -0.1) is 0 Å². The summed E-state index contributed by atoms with van der Waals surface area (Å²) in [5.74, 6) is 1.24. The minimum absolute atomic E-state index is 0.501. The summed E-state index contributed by atoms with van der Waals surface area (Å²) in [4.78, 5) is 4.46. The lowest BCUT2D eigenvalue weighted by Crippen LogP contribution is -1.93. The summed E-state index contributed by atoms with van der Waals surface area (Å²) in [6.07, 6.45) is 6.65. The van der Waals surface area contributed by atoms with Crippen LogP contribution in [0.25, 0.3) is 0 Å². The average molecular weight is 177 g/mol. The maximum Gasteiger partial charge on any atom is 0.0392 e. The van der Waals surface area contributed by atoms with E-state index in [-0.39, 0.29) is 0 Å². The average Bonchev–Trinajstić information content (AvgIpc) is 2.88. The molecule has 1 nitrogen and oxygen atoms in total. The lowest BCUT2D eigenvalue weighted by molar-refractivity contribution is 0.809. The Bertz CT molecular complexity index is 242. The van der Waals surface area contributed by atoms with Crippen LogP contribution in [0, 0.1) is 11.8 Å². The van der Waals surface area contributed by atoms with Crippen molar-refractivity contribution >= 4 is 6.21 Å². The van der Waals surface area contributed by atoms with Crippen molar-refractivity contribution in [2.75, 3.05) is 0 Å². The lowest BCUT2D eigenvalue weighted by Gasteiger charge is -2.02. The maximum atomic E-state index is 4.46. The van der Waals surface area contributed by atoms with Crippen molar-refractivity contribution in [3.63, 3.8) is 0 Å². The Balaban J connectivity index is 2.50. The van der Waals surface area contributed by atoms with Crippen molar-refractivity contribution in [3.8, 4) is 0 Å². The molecule has 0 aromatic carbocycles. The van der Waals surface area contributed by atoms with Crippen LogP contribution in [-0.2, 0) is 0 Å². The monoisotopic (exact) mass is 177 g/mol. The minimum Gasteiger partial charge on any atom is -0.261 e. The number of rotatable bonds is 4. The van der Waals surface area contributed by atoms with Gasteiger partial charge in [0, 0.05) is 17.8 Å². The van der Waals surface area contributed by atoms with E-state index < -0.39 is 0 Å². The third kappa shape index (κ3) is 3.17. The van der Waals surface area contributed by atoms with Gasteiger partial charge in [0.25, 0.3) is 0 Å². The molecule has 0 heterocycles. The Kier molecular flexibility index (Phi) is 3.47. The molecule has 0 radical (unpaired) electrons. The van der Waals surface area contributed by atoms with E-state index in [4.69, 9.17) is 0 Å². The van der Waals surface area contributed by atoms with Crippen molar-refractivity contribution in [1.82, 2.24) is 0 Å². The van der Waals surface area contributed by atoms with Crippen molar-refractivity contribution in [2.45, 2.75) is 33.6 Å². The molecule has 72 valence electrons. The van der Waals surface area contributed by atoms with E-state index in [0.717, 1.165) is 11.5 Å². The van der Waals surface area contributed by atoms with Crippen LogP contribution >= 0.6 is 0 Å². The summed E-state index contributed by atoms with van der Waals surface area (Å²) < 4.78 is 0.